The molecule has 3 rings (SSSR count). The maximum Gasteiger partial charge on any atom is 0.338 e. The van der Waals surface area contributed by atoms with Crippen LogP contribution < -0.4 is 11.5 Å². The van der Waals surface area contributed by atoms with Crippen LogP contribution in [-0.4, -0.2) is 17.2 Å². The summed E-state index contributed by atoms with van der Waals surface area (Å²) in [7, 11) is 0. The van der Waals surface area contributed by atoms with Crippen LogP contribution in [0.25, 0.3) is 0 Å². The van der Waals surface area contributed by atoms with Gasteiger partial charge in [0.25, 0.3) is 0 Å². The molecule has 0 radical (unpaired) electrons. The standard InChI is InChI=1S/C27H38N2O3/c1-2-3-4-5-9-26(21-7-6-8-25(30)16-21)20-12-10-19(11-13-20)18-32-27(31)22-14-23(28)17-24(29)15-22/h10-15,17,21,25-26,30H,2-9,16,18,28-29H2,1H3. The fraction of sp³-hybridized carbons (Fsp3) is 0.519. The second-order valence-corrected chi connectivity index (χ2v) is 9.24. The molecule has 1 saturated carbocycles. The largest absolute Gasteiger partial charge is 0.457 e. The summed E-state index contributed by atoms with van der Waals surface area (Å²) in [5.74, 6) is 0.588. The summed E-state index contributed by atoms with van der Waals surface area (Å²) < 4.78 is 5.46. The highest BCUT2D eigenvalue weighted by atomic mass is 16.5. The lowest BCUT2D eigenvalue weighted by molar-refractivity contribution is 0.0473. The fourth-order valence-electron chi connectivity index (χ4n) is 4.92. The van der Waals surface area contributed by atoms with Crippen molar-refractivity contribution in [1.29, 1.82) is 0 Å². The number of hydrogen-bond acceptors (Lipinski definition) is 5. The average Bonchev–Trinajstić information content (AvgIpc) is 2.77. The summed E-state index contributed by atoms with van der Waals surface area (Å²) in [5.41, 5.74) is 15.1. The van der Waals surface area contributed by atoms with Gasteiger partial charge in [0.05, 0.1) is 11.7 Å². The molecule has 0 bridgehead atoms. The van der Waals surface area contributed by atoms with Gasteiger partial charge in [-0.3, -0.25) is 0 Å². The number of nitrogen functional groups attached to an aromatic ring is 2. The molecule has 0 spiro atoms. The summed E-state index contributed by atoms with van der Waals surface area (Å²) in [6.07, 6.45) is 10.2. The highest BCUT2D eigenvalue weighted by Crippen LogP contribution is 2.39. The van der Waals surface area contributed by atoms with E-state index in [2.05, 4.69) is 31.2 Å². The maximum absolute atomic E-state index is 12.3. The van der Waals surface area contributed by atoms with Gasteiger partial charge in [0, 0.05) is 11.4 Å². The first kappa shape index (κ1) is 24.1. The van der Waals surface area contributed by atoms with E-state index >= 15 is 0 Å². The molecule has 5 nitrogen and oxygen atoms in total. The Hall–Kier alpha value is -2.53. The molecular formula is C27H38N2O3. The van der Waals surface area contributed by atoms with Crippen molar-refractivity contribution in [3.8, 4) is 0 Å². The number of ether oxygens (including phenoxy) is 1. The maximum atomic E-state index is 12.3. The van der Waals surface area contributed by atoms with Gasteiger partial charge < -0.3 is 21.3 Å². The summed E-state index contributed by atoms with van der Waals surface area (Å²) in [5, 5.41) is 10.2. The summed E-state index contributed by atoms with van der Waals surface area (Å²) in [6, 6.07) is 13.2. The summed E-state index contributed by atoms with van der Waals surface area (Å²) >= 11 is 0. The van der Waals surface area contributed by atoms with E-state index in [4.69, 9.17) is 16.2 Å². The molecule has 1 aliphatic rings. The van der Waals surface area contributed by atoms with E-state index in [0.717, 1.165) is 24.8 Å². The molecule has 0 aliphatic heterocycles. The van der Waals surface area contributed by atoms with Crippen molar-refractivity contribution < 1.29 is 14.6 Å². The Bertz CT molecular complexity index is 845. The van der Waals surface area contributed by atoms with Crippen LogP contribution in [0, 0.1) is 5.92 Å². The molecule has 0 aromatic heterocycles. The van der Waals surface area contributed by atoms with E-state index < -0.39 is 5.97 Å². The van der Waals surface area contributed by atoms with Gasteiger partial charge in [-0.15, -0.1) is 0 Å². The molecule has 174 valence electrons. The van der Waals surface area contributed by atoms with Gasteiger partial charge in [0.15, 0.2) is 0 Å². The van der Waals surface area contributed by atoms with Crippen LogP contribution in [0.5, 0.6) is 0 Å². The van der Waals surface area contributed by atoms with E-state index in [1.54, 1.807) is 18.2 Å². The molecule has 3 atom stereocenters. The number of nitrogens with two attached hydrogens (primary N) is 2. The van der Waals surface area contributed by atoms with Crippen molar-refractivity contribution >= 4 is 17.3 Å². The van der Waals surface area contributed by atoms with Crippen LogP contribution in [0.3, 0.4) is 0 Å². The Balaban J connectivity index is 1.63. The minimum absolute atomic E-state index is 0.161. The van der Waals surface area contributed by atoms with Gasteiger partial charge in [-0.2, -0.15) is 0 Å². The third kappa shape index (κ3) is 6.99. The Morgan fingerprint density at radius 3 is 2.44 bits per heavy atom. The lowest BCUT2D eigenvalue weighted by Gasteiger charge is -2.33. The Kier molecular flexibility index (Phi) is 8.98. The number of unbranched alkanes of at least 4 members (excludes halogenated alkanes) is 3. The fourth-order valence-corrected chi connectivity index (χ4v) is 4.92. The first-order valence-corrected chi connectivity index (χ1v) is 12.1. The molecule has 1 fully saturated rings. The van der Waals surface area contributed by atoms with E-state index in [-0.39, 0.29) is 12.7 Å². The Morgan fingerprint density at radius 2 is 1.78 bits per heavy atom. The van der Waals surface area contributed by atoms with Gasteiger partial charge in [-0.25, -0.2) is 4.79 Å². The number of aliphatic hydroxyl groups excluding tert-OH is 1. The molecule has 5 N–H and O–H groups in total. The summed E-state index contributed by atoms with van der Waals surface area (Å²) in [4.78, 5) is 12.3. The number of carbonyl (C=O) groups is 1. The van der Waals surface area contributed by atoms with Gasteiger partial charge in [-0.05, 0) is 66.8 Å². The van der Waals surface area contributed by atoms with Crippen molar-refractivity contribution in [2.75, 3.05) is 11.5 Å². The molecule has 1 aliphatic carbocycles. The van der Waals surface area contributed by atoms with Crippen molar-refractivity contribution in [2.45, 2.75) is 83.3 Å². The number of aliphatic hydroxyl groups is 1. The minimum Gasteiger partial charge on any atom is -0.457 e. The molecule has 32 heavy (non-hydrogen) atoms. The van der Waals surface area contributed by atoms with Crippen molar-refractivity contribution in [1.82, 2.24) is 0 Å². The van der Waals surface area contributed by atoms with Gasteiger partial charge in [-0.1, -0.05) is 63.3 Å². The topological polar surface area (TPSA) is 98.6 Å². The predicted octanol–water partition coefficient (Wildman–Crippen LogP) is 5.81. The molecule has 2 aromatic rings. The van der Waals surface area contributed by atoms with Crippen molar-refractivity contribution in [3.63, 3.8) is 0 Å². The van der Waals surface area contributed by atoms with E-state index in [1.807, 2.05) is 0 Å². The molecule has 5 heteroatoms. The first-order chi connectivity index (χ1) is 15.5. The third-order valence-electron chi connectivity index (χ3n) is 6.62. The quantitative estimate of drug-likeness (QED) is 0.247. The van der Waals surface area contributed by atoms with Crippen molar-refractivity contribution in [2.24, 2.45) is 5.92 Å². The Morgan fingerprint density at radius 1 is 1.06 bits per heavy atom. The van der Waals surface area contributed by atoms with Crippen LogP contribution >= 0.6 is 0 Å². The second kappa shape index (κ2) is 11.9. The monoisotopic (exact) mass is 438 g/mol. The third-order valence-corrected chi connectivity index (χ3v) is 6.62. The summed E-state index contributed by atoms with van der Waals surface area (Å²) in [6.45, 7) is 2.44. The Labute approximate surface area is 192 Å². The van der Waals surface area contributed by atoms with E-state index in [0.29, 0.717) is 28.8 Å². The van der Waals surface area contributed by atoms with Gasteiger partial charge >= 0.3 is 5.97 Å². The van der Waals surface area contributed by atoms with Crippen LogP contribution in [-0.2, 0) is 11.3 Å². The second-order valence-electron chi connectivity index (χ2n) is 9.24. The first-order valence-electron chi connectivity index (χ1n) is 12.1. The smallest absolute Gasteiger partial charge is 0.338 e. The molecule has 2 aromatic carbocycles. The molecule has 0 saturated heterocycles. The highest BCUT2D eigenvalue weighted by Gasteiger charge is 2.28. The van der Waals surface area contributed by atoms with Crippen LogP contribution in [0.1, 0.15) is 92.1 Å². The van der Waals surface area contributed by atoms with Gasteiger partial charge in [0.2, 0.25) is 0 Å². The SMILES string of the molecule is CCCCCCC(c1ccc(COC(=O)c2cc(N)cc(N)c2)cc1)C1CCCC(O)C1. The van der Waals surface area contributed by atoms with Crippen LogP contribution in [0.4, 0.5) is 11.4 Å². The zero-order valence-electron chi connectivity index (χ0n) is 19.3. The number of carbonyl (C=O) groups excluding carboxylic acids is 1. The number of rotatable bonds is 10. The zero-order valence-corrected chi connectivity index (χ0v) is 19.3. The molecule has 0 heterocycles. The van der Waals surface area contributed by atoms with Gasteiger partial charge in [0.1, 0.15) is 6.61 Å². The lowest BCUT2D eigenvalue weighted by Crippen LogP contribution is -2.24. The zero-order chi connectivity index (χ0) is 22.9. The van der Waals surface area contributed by atoms with Crippen LogP contribution in [0.15, 0.2) is 42.5 Å². The number of anilines is 2. The normalized spacial score (nSPS) is 19.4. The predicted molar refractivity (Wildman–Crippen MR) is 130 cm³/mol. The minimum atomic E-state index is -0.432. The number of hydrogen-bond donors (Lipinski definition) is 3. The molecule has 3 unspecified atom stereocenters. The van der Waals surface area contributed by atoms with Crippen molar-refractivity contribution in [3.05, 3.63) is 59.2 Å². The molecular weight excluding hydrogens is 400 g/mol. The lowest BCUT2D eigenvalue weighted by atomic mass is 9.73. The number of benzene rings is 2. The van der Waals surface area contributed by atoms with E-state index in [1.165, 1.54) is 44.1 Å². The average molecular weight is 439 g/mol. The highest BCUT2D eigenvalue weighted by molar-refractivity contribution is 5.91. The van der Waals surface area contributed by atoms with Crippen LogP contribution in [0.2, 0.25) is 0 Å². The number of esters is 1. The molecule has 0 amide bonds. The van der Waals surface area contributed by atoms with E-state index in [9.17, 15) is 9.90 Å².